The number of rotatable bonds is 7. The van der Waals surface area contributed by atoms with Gasteiger partial charge in [0.05, 0.1) is 15.8 Å². The predicted molar refractivity (Wildman–Crippen MR) is 123 cm³/mol. The number of carbonyl (C=O) groups is 1. The maximum absolute atomic E-state index is 13.1. The lowest BCUT2D eigenvalue weighted by molar-refractivity contribution is -0.115. The number of hydrogen-bond acceptors (Lipinski definition) is 7. The Morgan fingerprint density at radius 1 is 1.23 bits per heavy atom. The molecule has 1 atom stereocenters. The molecule has 1 aliphatic carbocycles. The van der Waals surface area contributed by atoms with Crippen molar-refractivity contribution in [2.75, 3.05) is 5.32 Å². The van der Waals surface area contributed by atoms with Crippen LogP contribution in [0.5, 0.6) is 0 Å². The number of benzene rings is 1. The second-order valence-electron chi connectivity index (χ2n) is 7.18. The van der Waals surface area contributed by atoms with E-state index in [1.54, 1.807) is 23.5 Å². The van der Waals surface area contributed by atoms with E-state index in [0.717, 1.165) is 34.3 Å². The van der Waals surface area contributed by atoms with Crippen LogP contribution in [0.1, 0.15) is 25.8 Å². The van der Waals surface area contributed by atoms with E-state index in [4.69, 9.17) is 0 Å². The summed E-state index contributed by atoms with van der Waals surface area (Å²) in [5.74, 6) is 0.434. The summed E-state index contributed by atoms with van der Waals surface area (Å²) >= 11 is 4.39. The monoisotopic (exact) mass is 471 g/mol. The lowest BCUT2D eigenvalue weighted by Gasteiger charge is -2.12. The van der Waals surface area contributed by atoms with E-state index in [-0.39, 0.29) is 17.0 Å². The second kappa shape index (κ2) is 8.52. The number of nitrogens with one attached hydrogen (secondary N) is 1. The Bertz CT molecular complexity index is 1200. The first-order valence-corrected chi connectivity index (χ1v) is 12.4. The van der Waals surface area contributed by atoms with E-state index in [2.05, 4.69) is 25.1 Å². The van der Waals surface area contributed by atoms with Gasteiger partial charge in [0.2, 0.25) is 5.91 Å². The molecule has 3 aromatic heterocycles. The number of amides is 1. The SMILES string of the molecule is CC(Sc1nnc(-c2cccs2)n1C1CC1)C(=O)Nc1nc(-c2ccc(F)cc2)cs1. The van der Waals surface area contributed by atoms with Gasteiger partial charge in [-0.05, 0) is 55.5 Å². The van der Waals surface area contributed by atoms with Crippen LogP contribution in [0.25, 0.3) is 22.0 Å². The third-order valence-electron chi connectivity index (χ3n) is 4.84. The molecule has 0 aliphatic heterocycles. The van der Waals surface area contributed by atoms with Crippen LogP contribution in [-0.2, 0) is 4.79 Å². The molecule has 1 aliphatic rings. The molecule has 10 heteroatoms. The minimum atomic E-state index is -0.365. The highest BCUT2D eigenvalue weighted by atomic mass is 32.2. The van der Waals surface area contributed by atoms with Crippen molar-refractivity contribution in [3.63, 3.8) is 0 Å². The smallest absolute Gasteiger partial charge is 0.239 e. The number of anilines is 1. The first-order chi connectivity index (χ1) is 15.1. The quantitative estimate of drug-likeness (QED) is 0.349. The topological polar surface area (TPSA) is 72.7 Å². The molecule has 158 valence electrons. The maximum Gasteiger partial charge on any atom is 0.239 e. The van der Waals surface area contributed by atoms with E-state index in [1.165, 1.54) is 35.2 Å². The van der Waals surface area contributed by atoms with Crippen molar-refractivity contribution in [2.45, 2.75) is 36.2 Å². The number of aromatic nitrogens is 4. The Balaban J connectivity index is 1.28. The Labute approximate surface area is 190 Å². The molecular formula is C21H18FN5OS3. The fraction of sp³-hybridized carbons (Fsp3) is 0.238. The molecule has 1 saturated carbocycles. The molecule has 5 rings (SSSR count). The highest BCUT2D eigenvalue weighted by molar-refractivity contribution is 8.00. The summed E-state index contributed by atoms with van der Waals surface area (Å²) in [5.41, 5.74) is 1.51. The van der Waals surface area contributed by atoms with Gasteiger partial charge in [0.1, 0.15) is 5.82 Å². The van der Waals surface area contributed by atoms with Gasteiger partial charge in [-0.2, -0.15) is 0 Å². The minimum Gasteiger partial charge on any atom is -0.301 e. The fourth-order valence-electron chi connectivity index (χ4n) is 3.10. The molecule has 3 heterocycles. The first kappa shape index (κ1) is 20.3. The van der Waals surface area contributed by atoms with E-state index in [9.17, 15) is 9.18 Å². The van der Waals surface area contributed by atoms with Gasteiger partial charge in [-0.1, -0.05) is 17.8 Å². The van der Waals surface area contributed by atoms with Gasteiger partial charge in [0.25, 0.3) is 0 Å². The van der Waals surface area contributed by atoms with E-state index in [1.807, 2.05) is 29.8 Å². The molecule has 1 amide bonds. The van der Waals surface area contributed by atoms with Gasteiger partial charge in [0, 0.05) is 17.0 Å². The number of carbonyl (C=O) groups excluding carboxylic acids is 1. The zero-order valence-electron chi connectivity index (χ0n) is 16.5. The number of thioether (sulfide) groups is 1. The summed E-state index contributed by atoms with van der Waals surface area (Å²) in [4.78, 5) is 18.3. The molecule has 0 radical (unpaired) electrons. The summed E-state index contributed by atoms with van der Waals surface area (Å²) < 4.78 is 15.3. The van der Waals surface area contributed by atoms with Crippen LogP contribution in [0, 0.1) is 5.82 Å². The third kappa shape index (κ3) is 4.41. The van der Waals surface area contributed by atoms with Crippen LogP contribution in [0.3, 0.4) is 0 Å². The van der Waals surface area contributed by atoms with Crippen molar-refractivity contribution in [2.24, 2.45) is 0 Å². The number of nitrogens with zero attached hydrogens (tertiary/aromatic N) is 4. The number of thiophene rings is 1. The van der Waals surface area contributed by atoms with Crippen molar-refractivity contribution in [3.05, 3.63) is 53.0 Å². The van der Waals surface area contributed by atoms with Crippen LogP contribution in [0.2, 0.25) is 0 Å². The minimum absolute atomic E-state index is 0.145. The summed E-state index contributed by atoms with van der Waals surface area (Å²) in [6, 6.07) is 10.6. The molecule has 6 nitrogen and oxygen atoms in total. The lowest BCUT2D eigenvalue weighted by Crippen LogP contribution is -2.22. The van der Waals surface area contributed by atoms with Crippen molar-refractivity contribution in [1.29, 1.82) is 0 Å². The third-order valence-corrected chi connectivity index (χ3v) is 7.52. The number of hydrogen-bond donors (Lipinski definition) is 1. The largest absolute Gasteiger partial charge is 0.301 e. The van der Waals surface area contributed by atoms with Gasteiger partial charge >= 0.3 is 0 Å². The summed E-state index contributed by atoms with van der Waals surface area (Å²) in [7, 11) is 0. The van der Waals surface area contributed by atoms with Crippen LogP contribution >= 0.6 is 34.4 Å². The van der Waals surface area contributed by atoms with Crippen LogP contribution in [0.15, 0.2) is 52.3 Å². The molecule has 31 heavy (non-hydrogen) atoms. The van der Waals surface area contributed by atoms with Gasteiger partial charge in [-0.3, -0.25) is 9.36 Å². The number of halogens is 1. The van der Waals surface area contributed by atoms with E-state index >= 15 is 0 Å². The van der Waals surface area contributed by atoms with Crippen molar-refractivity contribution >= 4 is 45.5 Å². The van der Waals surface area contributed by atoms with Gasteiger partial charge in [0.15, 0.2) is 16.1 Å². The lowest BCUT2D eigenvalue weighted by atomic mass is 10.2. The zero-order valence-corrected chi connectivity index (χ0v) is 18.9. The van der Waals surface area contributed by atoms with E-state index < -0.39 is 0 Å². The average molecular weight is 472 g/mol. The van der Waals surface area contributed by atoms with Crippen molar-refractivity contribution < 1.29 is 9.18 Å². The summed E-state index contributed by atoms with van der Waals surface area (Å²) in [6.45, 7) is 1.85. The molecule has 0 spiro atoms. The van der Waals surface area contributed by atoms with Crippen LogP contribution < -0.4 is 5.32 Å². The Kier molecular flexibility index (Phi) is 5.59. The van der Waals surface area contributed by atoms with Gasteiger partial charge in [-0.15, -0.1) is 32.9 Å². The van der Waals surface area contributed by atoms with Gasteiger partial charge < -0.3 is 5.32 Å². The fourth-order valence-corrected chi connectivity index (χ4v) is 5.44. The number of thiazole rings is 1. The molecule has 1 N–H and O–H groups in total. The van der Waals surface area contributed by atoms with Crippen molar-refractivity contribution in [1.82, 2.24) is 19.7 Å². The maximum atomic E-state index is 13.1. The molecule has 0 bridgehead atoms. The normalized spacial score (nSPS) is 14.5. The first-order valence-electron chi connectivity index (χ1n) is 9.76. The average Bonchev–Trinajstić information content (AvgIpc) is 3.15. The molecule has 1 fully saturated rings. The Morgan fingerprint density at radius 2 is 2.03 bits per heavy atom. The highest BCUT2D eigenvalue weighted by Gasteiger charge is 2.31. The molecule has 4 aromatic rings. The Hall–Kier alpha value is -2.56. The van der Waals surface area contributed by atoms with Crippen molar-refractivity contribution in [3.8, 4) is 22.0 Å². The molecule has 1 aromatic carbocycles. The molecule has 1 unspecified atom stereocenters. The zero-order chi connectivity index (χ0) is 21.4. The predicted octanol–water partition coefficient (Wildman–Crippen LogP) is 5.72. The second-order valence-corrected chi connectivity index (χ2v) is 10.3. The summed E-state index contributed by atoms with van der Waals surface area (Å²) in [6.07, 6.45) is 2.21. The molecular weight excluding hydrogens is 453 g/mol. The molecule has 0 saturated heterocycles. The Morgan fingerprint density at radius 3 is 2.74 bits per heavy atom. The van der Waals surface area contributed by atoms with Crippen LogP contribution in [0.4, 0.5) is 9.52 Å². The standard InChI is InChI=1S/C21H18FN5OS3/c1-12(19(28)24-20-23-16(11-30-20)13-4-6-14(22)7-5-13)31-21-26-25-18(17-3-2-10-29-17)27(21)15-8-9-15/h2-7,10-12,15H,8-9H2,1H3,(H,23,24,28). The summed E-state index contributed by atoms with van der Waals surface area (Å²) in [5, 5.41) is 16.4. The highest BCUT2D eigenvalue weighted by Crippen LogP contribution is 2.42. The van der Waals surface area contributed by atoms with Crippen LogP contribution in [-0.4, -0.2) is 30.9 Å². The van der Waals surface area contributed by atoms with E-state index in [0.29, 0.717) is 16.9 Å². The van der Waals surface area contributed by atoms with Gasteiger partial charge in [-0.25, -0.2) is 9.37 Å².